The number of rotatable bonds is 6. The average Bonchev–Trinajstić information content (AvgIpc) is 3.28. The lowest BCUT2D eigenvalue weighted by molar-refractivity contribution is 0.0703. The van der Waals surface area contributed by atoms with E-state index in [1.54, 1.807) is 18.4 Å². The fourth-order valence-corrected chi connectivity index (χ4v) is 4.10. The van der Waals surface area contributed by atoms with Crippen LogP contribution in [0.3, 0.4) is 0 Å². The summed E-state index contributed by atoms with van der Waals surface area (Å²) in [6, 6.07) is 2.04. The number of imidazole rings is 1. The van der Waals surface area contributed by atoms with Crippen molar-refractivity contribution in [3.8, 4) is 0 Å². The Morgan fingerprint density at radius 3 is 3.12 bits per heavy atom. The number of ether oxygens (including phenoxy) is 1. The summed E-state index contributed by atoms with van der Waals surface area (Å²) in [4.78, 5) is 20.6. The molecule has 1 aliphatic heterocycles. The Morgan fingerprint density at radius 2 is 2.38 bits per heavy atom. The fourth-order valence-electron chi connectivity index (χ4n) is 3.29. The van der Waals surface area contributed by atoms with E-state index in [4.69, 9.17) is 4.74 Å². The molecule has 5 nitrogen and oxygen atoms in total. The van der Waals surface area contributed by atoms with Gasteiger partial charge < -0.3 is 14.2 Å². The number of hydrogen-bond donors (Lipinski definition) is 0. The van der Waals surface area contributed by atoms with Crippen LogP contribution >= 0.6 is 11.3 Å². The molecule has 0 unspecified atom stereocenters. The molecular formula is C18H25N3O2S. The molecule has 3 rings (SSSR count). The quantitative estimate of drug-likeness (QED) is 0.806. The van der Waals surface area contributed by atoms with Crippen molar-refractivity contribution in [2.24, 2.45) is 0 Å². The molecule has 0 N–H and O–H groups in total. The Kier molecular flexibility index (Phi) is 5.68. The van der Waals surface area contributed by atoms with Crippen LogP contribution in [-0.2, 0) is 17.7 Å². The Morgan fingerprint density at radius 1 is 1.50 bits per heavy atom. The number of aromatic nitrogens is 2. The second-order valence-electron chi connectivity index (χ2n) is 6.22. The number of carbonyl (C=O) groups excluding carboxylic acids is 1. The topological polar surface area (TPSA) is 47.4 Å². The van der Waals surface area contributed by atoms with Crippen molar-refractivity contribution in [2.75, 3.05) is 26.8 Å². The number of aryl methyl sites for hydroxylation is 1. The lowest BCUT2D eigenvalue weighted by Gasteiger charge is -2.32. The molecule has 1 aliphatic rings. The molecule has 2 aromatic rings. The number of carbonyl (C=O) groups is 1. The van der Waals surface area contributed by atoms with Gasteiger partial charge in [-0.2, -0.15) is 0 Å². The molecule has 3 heterocycles. The maximum Gasteiger partial charge on any atom is 0.254 e. The highest BCUT2D eigenvalue weighted by molar-refractivity contribution is 7.10. The molecule has 0 aliphatic carbocycles. The van der Waals surface area contributed by atoms with Crippen molar-refractivity contribution in [1.29, 1.82) is 0 Å². The van der Waals surface area contributed by atoms with Crippen molar-refractivity contribution in [3.05, 3.63) is 40.1 Å². The van der Waals surface area contributed by atoms with Crippen LogP contribution in [0.1, 0.15) is 46.7 Å². The van der Waals surface area contributed by atoms with Gasteiger partial charge in [-0.3, -0.25) is 4.79 Å². The summed E-state index contributed by atoms with van der Waals surface area (Å²) in [6.07, 6.45) is 6.94. The van der Waals surface area contributed by atoms with Gasteiger partial charge in [-0.1, -0.05) is 6.92 Å². The van der Waals surface area contributed by atoms with Gasteiger partial charge in [0.25, 0.3) is 5.91 Å². The van der Waals surface area contributed by atoms with Gasteiger partial charge in [-0.05, 0) is 25.3 Å². The van der Waals surface area contributed by atoms with Gasteiger partial charge in [0.1, 0.15) is 5.82 Å². The predicted octanol–water partition coefficient (Wildman–Crippen LogP) is 3.17. The molecular weight excluding hydrogens is 322 g/mol. The van der Waals surface area contributed by atoms with E-state index in [-0.39, 0.29) is 5.91 Å². The minimum Gasteiger partial charge on any atom is -0.383 e. The summed E-state index contributed by atoms with van der Waals surface area (Å²) < 4.78 is 7.33. The van der Waals surface area contributed by atoms with Crippen LogP contribution in [0.5, 0.6) is 0 Å². The molecule has 1 saturated heterocycles. The summed E-state index contributed by atoms with van der Waals surface area (Å²) in [5.41, 5.74) is 0.834. The Balaban J connectivity index is 1.70. The third kappa shape index (κ3) is 3.70. The molecule has 1 fully saturated rings. The van der Waals surface area contributed by atoms with Gasteiger partial charge in [0.2, 0.25) is 0 Å². The molecule has 24 heavy (non-hydrogen) atoms. The third-order valence-electron chi connectivity index (χ3n) is 4.61. The van der Waals surface area contributed by atoms with Gasteiger partial charge >= 0.3 is 0 Å². The summed E-state index contributed by atoms with van der Waals surface area (Å²) >= 11 is 1.67. The second-order valence-corrected chi connectivity index (χ2v) is 7.21. The number of piperidine rings is 1. The van der Waals surface area contributed by atoms with Gasteiger partial charge in [0.15, 0.2) is 0 Å². The first-order valence-electron chi connectivity index (χ1n) is 8.59. The highest BCUT2D eigenvalue weighted by Gasteiger charge is 2.28. The van der Waals surface area contributed by atoms with Crippen LogP contribution < -0.4 is 0 Å². The van der Waals surface area contributed by atoms with Gasteiger partial charge in [0, 0.05) is 55.3 Å². The summed E-state index contributed by atoms with van der Waals surface area (Å²) in [5, 5.41) is 1.99. The van der Waals surface area contributed by atoms with Crippen molar-refractivity contribution in [2.45, 2.75) is 38.6 Å². The van der Waals surface area contributed by atoms with Crippen molar-refractivity contribution in [1.82, 2.24) is 14.5 Å². The maximum absolute atomic E-state index is 12.8. The van der Waals surface area contributed by atoms with Gasteiger partial charge in [-0.25, -0.2) is 4.98 Å². The average molecular weight is 347 g/mol. The van der Waals surface area contributed by atoms with Crippen molar-refractivity contribution >= 4 is 17.2 Å². The largest absolute Gasteiger partial charge is 0.383 e. The highest BCUT2D eigenvalue weighted by atomic mass is 32.1. The number of nitrogens with zero attached hydrogens (tertiary/aromatic N) is 3. The number of likely N-dealkylation sites (tertiary alicyclic amines) is 1. The summed E-state index contributed by atoms with van der Waals surface area (Å²) in [7, 11) is 1.71. The SMILES string of the molecule is CCc1cc(C(=O)N2CCC[C@@H](c3nccn3CCOC)C2)cs1. The molecule has 0 aromatic carbocycles. The molecule has 0 radical (unpaired) electrons. The molecule has 1 amide bonds. The molecule has 130 valence electrons. The van der Waals surface area contributed by atoms with Gasteiger partial charge in [-0.15, -0.1) is 11.3 Å². The molecule has 0 spiro atoms. The van der Waals surface area contributed by atoms with Crippen molar-refractivity contribution in [3.63, 3.8) is 0 Å². The van der Waals surface area contributed by atoms with Crippen LogP contribution in [-0.4, -0.2) is 47.2 Å². The Labute approximate surface area is 147 Å². The Bertz CT molecular complexity index is 679. The molecule has 0 saturated carbocycles. The zero-order valence-corrected chi connectivity index (χ0v) is 15.2. The molecule has 6 heteroatoms. The van der Waals surface area contributed by atoms with Crippen LogP contribution in [0.15, 0.2) is 23.8 Å². The maximum atomic E-state index is 12.8. The normalized spacial score (nSPS) is 18.1. The smallest absolute Gasteiger partial charge is 0.254 e. The van der Waals surface area contributed by atoms with Crippen LogP contribution in [0.2, 0.25) is 0 Å². The van der Waals surface area contributed by atoms with E-state index in [1.807, 2.05) is 28.7 Å². The van der Waals surface area contributed by atoms with E-state index in [0.29, 0.717) is 12.5 Å². The first kappa shape index (κ1) is 17.2. The lowest BCUT2D eigenvalue weighted by atomic mass is 9.96. The lowest BCUT2D eigenvalue weighted by Crippen LogP contribution is -2.39. The highest BCUT2D eigenvalue weighted by Crippen LogP contribution is 2.27. The van der Waals surface area contributed by atoms with Crippen LogP contribution in [0.4, 0.5) is 0 Å². The minimum atomic E-state index is 0.158. The van der Waals surface area contributed by atoms with E-state index in [2.05, 4.69) is 16.5 Å². The monoisotopic (exact) mass is 347 g/mol. The summed E-state index contributed by atoms with van der Waals surface area (Å²) in [5.74, 6) is 1.54. The van der Waals surface area contributed by atoms with E-state index < -0.39 is 0 Å². The second kappa shape index (κ2) is 7.94. The standard InChI is InChI=1S/C18H25N3O2S/c1-3-16-11-15(13-24-16)18(22)21-7-4-5-14(12-21)17-19-6-8-20(17)9-10-23-2/h6,8,11,13-14H,3-5,7,9-10,12H2,1-2H3/t14-/m1/s1. The number of methoxy groups -OCH3 is 1. The molecule has 0 bridgehead atoms. The number of thiophene rings is 1. The van der Waals surface area contributed by atoms with Crippen LogP contribution in [0.25, 0.3) is 0 Å². The van der Waals surface area contributed by atoms with E-state index in [9.17, 15) is 4.79 Å². The van der Waals surface area contributed by atoms with Crippen LogP contribution in [0, 0.1) is 0 Å². The first-order valence-corrected chi connectivity index (χ1v) is 9.47. The molecule has 1 atom stereocenters. The summed E-state index contributed by atoms with van der Waals surface area (Å²) in [6.45, 7) is 5.19. The minimum absolute atomic E-state index is 0.158. The van der Waals surface area contributed by atoms with E-state index in [0.717, 1.165) is 50.3 Å². The predicted molar refractivity (Wildman–Crippen MR) is 95.7 cm³/mol. The number of hydrogen-bond acceptors (Lipinski definition) is 4. The van der Waals surface area contributed by atoms with E-state index in [1.165, 1.54) is 4.88 Å². The first-order chi connectivity index (χ1) is 11.7. The fraction of sp³-hybridized carbons (Fsp3) is 0.556. The molecule has 2 aromatic heterocycles. The Hall–Kier alpha value is -1.66. The zero-order valence-electron chi connectivity index (χ0n) is 14.4. The van der Waals surface area contributed by atoms with Gasteiger partial charge in [0.05, 0.1) is 12.2 Å². The zero-order chi connectivity index (χ0) is 16.9. The third-order valence-corrected chi connectivity index (χ3v) is 5.69. The van der Waals surface area contributed by atoms with E-state index >= 15 is 0 Å². The van der Waals surface area contributed by atoms with Crippen molar-refractivity contribution < 1.29 is 9.53 Å². The number of amides is 1.